The van der Waals surface area contributed by atoms with Crippen molar-refractivity contribution in [2.24, 2.45) is 0 Å². The highest BCUT2D eigenvalue weighted by atomic mass is 16.4. The van der Waals surface area contributed by atoms with Crippen LogP contribution in [-0.2, 0) is 22.4 Å². The molecular formula is C11H15NO3. The molecule has 0 aliphatic rings. The van der Waals surface area contributed by atoms with Gasteiger partial charge in [0.05, 0.1) is 6.42 Å². The molecule has 0 bridgehead atoms. The second-order valence-corrected chi connectivity index (χ2v) is 3.54. The number of unbranched alkanes of at least 4 members (excludes halogenated alkanes) is 1. The van der Waals surface area contributed by atoms with Crippen LogP contribution >= 0.6 is 0 Å². The summed E-state index contributed by atoms with van der Waals surface area (Å²) in [6.07, 6.45) is 4.97. The Kier molecular flexibility index (Phi) is 4.09. The quantitative estimate of drug-likeness (QED) is 0.698. The molecule has 1 rings (SSSR count). The minimum absolute atomic E-state index is 0.0541. The molecule has 1 heterocycles. The van der Waals surface area contributed by atoms with Gasteiger partial charge in [0.2, 0.25) is 5.78 Å². The summed E-state index contributed by atoms with van der Waals surface area (Å²) >= 11 is 0. The molecule has 4 heteroatoms. The van der Waals surface area contributed by atoms with Gasteiger partial charge in [0.1, 0.15) is 0 Å². The van der Waals surface area contributed by atoms with Gasteiger partial charge in [-0.2, -0.15) is 0 Å². The van der Waals surface area contributed by atoms with E-state index in [1.807, 2.05) is 12.3 Å². The number of Topliss-reactive ketones (excluding diaryl/α,β-unsaturated/α-hetero) is 1. The number of aromatic nitrogens is 1. The summed E-state index contributed by atoms with van der Waals surface area (Å²) in [7, 11) is 0. The number of aromatic amines is 1. The smallest absolute Gasteiger partial charge is 0.372 e. The highest BCUT2D eigenvalue weighted by molar-refractivity contribution is 6.33. The van der Waals surface area contributed by atoms with Crippen LogP contribution in [0.5, 0.6) is 0 Å². The zero-order valence-corrected chi connectivity index (χ0v) is 8.75. The van der Waals surface area contributed by atoms with E-state index < -0.39 is 11.8 Å². The fourth-order valence-corrected chi connectivity index (χ4v) is 1.37. The Hall–Kier alpha value is -1.58. The van der Waals surface area contributed by atoms with Gasteiger partial charge in [0.15, 0.2) is 0 Å². The molecule has 0 aromatic carbocycles. The van der Waals surface area contributed by atoms with Gasteiger partial charge in [-0.25, -0.2) is 4.79 Å². The van der Waals surface area contributed by atoms with E-state index in [4.69, 9.17) is 5.11 Å². The maximum absolute atomic E-state index is 10.9. The lowest BCUT2D eigenvalue weighted by Crippen LogP contribution is -2.15. The number of carboxylic acid groups (broad SMARTS) is 1. The largest absolute Gasteiger partial charge is 0.475 e. The molecule has 0 amide bonds. The molecule has 0 aliphatic carbocycles. The van der Waals surface area contributed by atoms with E-state index in [0.29, 0.717) is 5.69 Å². The molecule has 0 fully saturated rings. The zero-order chi connectivity index (χ0) is 11.3. The monoisotopic (exact) mass is 209 g/mol. The van der Waals surface area contributed by atoms with Crippen molar-refractivity contribution in [3.8, 4) is 0 Å². The summed E-state index contributed by atoms with van der Waals surface area (Å²) in [5.41, 5.74) is 1.80. The van der Waals surface area contributed by atoms with Crippen molar-refractivity contribution in [3.05, 3.63) is 23.5 Å². The number of nitrogens with one attached hydrogen (secondary N) is 1. The van der Waals surface area contributed by atoms with Gasteiger partial charge in [-0.3, -0.25) is 4.79 Å². The number of hydrogen-bond donors (Lipinski definition) is 2. The minimum Gasteiger partial charge on any atom is -0.475 e. The van der Waals surface area contributed by atoms with Crippen LogP contribution in [0.15, 0.2) is 12.3 Å². The van der Waals surface area contributed by atoms with Gasteiger partial charge >= 0.3 is 5.97 Å². The van der Waals surface area contributed by atoms with E-state index in [1.165, 1.54) is 0 Å². The molecule has 0 aliphatic heterocycles. The van der Waals surface area contributed by atoms with Crippen molar-refractivity contribution < 1.29 is 14.7 Å². The number of aryl methyl sites for hydroxylation is 1. The van der Waals surface area contributed by atoms with Crippen LogP contribution < -0.4 is 0 Å². The first-order chi connectivity index (χ1) is 7.13. The second-order valence-electron chi connectivity index (χ2n) is 3.54. The fourth-order valence-electron chi connectivity index (χ4n) is 1.37. The van der Waals surface area contributed by atoms with E-state index in [2.05, 4.69) is 11.9 Å². The van der Waals surface area contributed by atoms with Gasteiger partial charge in [0.25, 0.3) is 0 Å². The van der Waals surface area contributed by atoms with Gasteiger partial charge in [-0.1, -0.05) is 13.3 Å². The number of carbonyl (C=O) groups excluding carboxylic acids is 1. The van der Waals surface area contributed by atoms with Crippen LogP contribution in [0, 0.1) is 0 Å². The summed E-state index contributed by atoms with van der Waals surface area (Å²) < 4.78 is 0. The lowest BCUT2D eigenvalue weighted by Gasteiger charge is -1.93. The minimum atomic E-state index is -1.38. The van der Waals surface area contributed by atoms with Crippen molar-refractivity contribution in [2.45, 2.75) is 32.6 Å². The van der Waals surface area contributed by atoms with Gasteiger partial charge in [-0.15, -0.1) is 0 Å². The molecule has 0 radical (unpaired) electrons. The molecule has 0 atom stereocenters. The topological polar surface area (TPSA) is 70.2 Å². The standard InChI is InChI=1S/C11H15NO3/c1-2-3-4-8-5-9(12-7-8)6-10(13)11(14)15/h5,7,12H,2-4,6H2,1H3,(H,14,15). The van der Waals surface area contributed by atoms with E-state index in [1.54, 1.807) is 0 Å². The number of H-pyrrole nitrogens is 1. The SMILES string of the molecule is CCCCc1c[nH]c(CC(=O)C(=O)O)c1. The second kappa shape index (κ2) is 5.34. The summed E-state index contributed by atoms with van der Waals surface area (Å²) in [6.45, 7) is 2.11. The van der Waals surface area contributed by atoms with Crippen LogP contribution in [0.4, 0.5) is 0 Å². The summed E-state index contributed by atoms with van der Waals surface area (Å²) in [5, 5.41) is 8.43. The van der Waals surface area contributed by atoms with Crippen LogP contribution in [0.25, 0.3) is 0 Å². The van der Waals surface area contributed by atoms with Crippen molar-refractivity contribution in [1.29, 1.82) is 0 Å². The van der Waals surface area contributed by atoms with Crippen molar-refractivity contribution >= 4 is 11.8 Å². The molecule has 0 unspecified atom stereocenters. The third-order valence-corrected chi connectivity index (χ3v) is 2.21. The van der Waals surface area contributed by atoms with Crippen LogP contribution in [0.1, 0.15) is 31.0 Å². The molecule has 15 heavy (non-hydrogen) atoms. The zero-order valence-electron chi connectivity index (χ0n) is 8.75. The van der Waals surface area contributed by atoms with Crippen molar-refractivity contribution in [3.63, 3.8) is 0 Å². The maximum atomic E-state index is 10.9. The average Bonchev–Trinajstić information content (AvgIpc) is 2.62. The summed E-state index contributed by atoms with van der Waals surface area (Å²) in [5.74, 6) is -2.15. The van der Waals surface area contributed by atoms with E-state index in [-0.39, 0.29) is 6.42 Å². The highest BCUT2D eigenvalue weighted by Gasteiger charge is 2.12. The van der Waals surface area contributed by atoms with Crippen LogP contribution in [0.3, 0.4) is 0 Å². The Bertz CT molecular complexity index is 354. The number of carbonyl (C=O) groups is 2. The Balaban J connectivity index is 2.52. The third-order valence-electron chi connectivity index (χ3n) is 2.21. The molecule has 0 saturated heterocycles. The first kappa shape index (κ1) is 11.5. The lowest BCUT2D eigenvalue weighted by molar-refractivity contribution is -0.148. The van der Waals surface area contributed by atoms with Gasteiger partial charge in [-0.05, 0) is 24.5 Å². The van der Waals surface area contributed by atoms with Crippen LogP contribution in [-0.4, -0.2) is 21.8 Å². The van der Waals surface area contributed by atoms with E-state index in [0.717, 1.165) is 24.8 Å². The Morgan fingerprint density at radius 1 is 1.47 bits per heavy atom. The number of aliphatic carboxylic acids is 1. The number of rotatable bonds is 6. The molecule has 82 valence electrons. The highest BCUT2D eigenvalue weighted by Crippen LogP contribution is 2.08. The number of carboxylic acids is 1. The predicted molar refractivity (Wildman–Crippen MR) is 55.8 cm³/mol. The van der Waals surface area contributed by atoms with Crippen LogP contribution in [0.2, 0.25) is 0 Å². The van der Waals surface area contributed by atoms with Gasteiger partial charge < -0.3 is 10.1 Å². The summed E-state index contributed by atoms with van der Waals surface area (Å²) in [6, 6.07) is 1.86. The fraction of sp³-hybridized carbons (Fsp3) is 0.455. The van der Waals surface area contributed by atoms with E-state index in [9.17, 15) is 9.59 Å². The average molecular weight is 209 g/mol. The summed E-state index contributed by atoms with van der Waals surface area (Å²) in [4.78, 5) is 24.2. The van der Waals surface area contributed by atoms with E-state index >= 15 is 0 Å². The number of hydrogen-bond acceptors (Lipinski definition) is 2. The first-order valence-corrected chi connectivity index (χ1v) is 5.05. The molecule has 4 nitrogen and oxygen atoms in total. The molecular weight excluding hydrogens is 194 g/mol. The Morgan fingerprint density at radius 3 is 2.80 bits per heavy atom. The molecule has 0 spiro atoms. The molecule has 1 aromatic heterocycles. The molecule has 1 aromatic rings. The maximum Gasteiger partial charge on any atom is 0.372 e. The Labute approximate surface area is 88.3 Å². The molecule has 2 N–H and O–H groups in total. The molecule has 0 saturated carbocycles. The lowest BCUT2D eigenvalue weighted by atomic mass is 10.1. The van der Waals surface area contributed by atoms with Gasteiger partial charge in [0, 0.05) is 11.9 Å². The predicted octanol–water partition coefficient (Wildman–Crippen LogP) is 1.55. The van der Waals surface area contributed by atoms with Crippen molar-refractivity contribution in [1.82, 2.24) is 4.98 Å². The number of ketones is 1. The normalized spacial score (nSPS) is 10.2. The van der Waals surface area contributed by atoms with Crippen molar-refractivity contribution in [2.75, 3.05) is 0 Å². The third kappa shape index (κ3) is 3.58. The Morgan fingerprint density at radius 2 is 2.20 bits per heavy atom. The first-order valence-electron chi connectivity index (χ1n) is 5.05.